The van der Waals surface area contributed by atoms with Crippen molar-refractivity contribution in [2.24, 2.45) is 0 Å². The summed E-state index contributed by atoms with van der Waals surface area (Å²) in [5.74, 6) is 0.119. The van der Waals surface area contributed by atoms with Crippen molar-refractivity contribution in [1.29, 1.82) is 0 Å². The Morgan fingerprint density at radius 1 is 0.958 bits per heavy atom. The number of rotatable bonds is 5. The summed E-state index contributed by atoms with van der Waals surface area (Å²) in [6, 6.07) is 15.5. The number of piperidine rings is 1. The standard InChI is InChI=1S/C20H24N2O2/c23-15-17-10-8-16(9-11-17)14-21-19-7-3-2-6-18(19)20(24)22-12-4-1-5-13-22/h2-3,6-11,21,23H,1,4-5,12-15H2. The van der Waals surface area contributed by atoms with Gasteiger partial charge in [0.1, 0.15) is 0 Å². The molecule has 2 aromatic carbocycles. The lowest BCUT2D eigenvalue weighted by molar-refractivity contribution is 0.0725. The number of nitrogens with one attached hydrogen (secondary N) is 1. The van der Waals surface area contributed by atoms with Crippen LogP contribution in [-0.2, 0) is 13.2 Å². The number of para-hydroxylation sites is 1. The van der Waals surface area contributed by atoms with Crippen LogP contribution in [0.4, 0.5) is 5.69 Å². The van der Waals surface area contributed by atoms with Crippen LogP contribution < -0.4 is 5.32 Å². The minimum Gasteiger partial charge on any atom is -0.392 e. The van der Waals surface area contributed by atoms with Gasteiger partial charge in [0.15, 0.2) is 0 Å². The maximum atomic E-state index is 12.8. The maximum absolute atomic E-state index is 12.8. The van der Waals surface area contributed by atoms with Crippen molar-refractivity contribution in [2.45, 2.75) is 32.4 Å². The Bertz CT molecular complexity index is 676. The summed E-state index contributed by atoms with van der Waals surface area (Å²) in [6.07, 6.45) is 3.41. The third-order valence-corrected chi connectivity index (χ3v) is 4.49. The van der Waals surface area contributed by atoms with E-state index in [2.05, 4.69) is 5.32 Å². The molecule has 1 aliphatic rings. The van der Waals surface area contributed by atoms with Gasteiger partial charge in [-0.15, -0.1) is 0 Å². The molecular weight excluding hydrogens is 300 g/mol. The van der Waals surface area contributed by atoms with Gasteiger partial charge >= 0.3 is 0 Å². The molecule has 0 aromatic heterocycles. The second kappa shape index (κ2) is 7.97. The highest BCUT2D eigenvalue weighted by atomic mass is 16.3. The number of aliphatic hydroxyl groups is 1. The molecule has 0 bridgehead atoms. The highest BCUT2D eigenvalue weighted by Gasteiger charge is 2.20. The fraction of sp³-hybridized carbons (Fsp3) is 0.350. The lowest BCUT2D eigenvalue weighted by Gasteiger charge is -2.27. The number of nitrogens with zero attached hydrogens (tertiary/aromatic N) is 1. The number of carbonyl (C=O) groups excluding carboxylic acids is 1. The van der Waals surface area contributed by atoms with Crippen LogP contribution >= 0.6 is 0 Å². The Balaban J connectivity index is 1.70. The second-order valence-electron chi connectivity index (χ2n) is 6.23. The topological polar surface area (TPSA) is 52.6 Å². The smallest absolute Gasteiger partial charge is 0.255 e. The average molecular weight is 324 g/mol. The molecule has 1 aliphatic heterocycles. The Labute approximate surface area is 143 Å². The number of anilines is 1. The Kier molecular flexibility index (Phi) is 5.49. The molecule has 1 saturated heterocycles. The minimum atomic E-state index is 0.0564. The van der Waals surface area contributed by atoms with E-state index in [4.69, 9.17) is 5.11 Å². The van der Waals surface area contributed by atoms with E-state index in [0.717, 1.165) is 48.3 Å². The quantitative estimate of drug-likeness (QED) is 0.886. The molecule has 0 saturated carbocycles. The van der Waals surface area contributed by atoms with Crippen molar-refractivity contribution < 1.29 is 9.90 Å². The number of carbonyl (C=O) groups is 1. The van der Waals surface area contributed by atoms with Crippen LogP contribution in [0.3, 0.4) is 0 Å². The normalized spacial score (nSPS) is 14.5. The van der Waals surface area contributed by atoms with E-state index in [1.165, 1.54) is 6.42 Å². The molecule has 0 atom stereocenters. The predicted octanol–water partition coefficient (Wildman–Crippen LogP) is 3.42. The van der Waals surface area contributed by atoms with Crippen LogP contribution in [0.15, 0.2) is 48.5 Å². The van der Waals surface area contributed by atoms with Crippen LogP contribution in [-0.4, -0.2) is 29.0 Å². The summed E-state index contributed by atoms with van der Waals surface area (Å²) in [6.45, 7) is 2.42. The van der Waals surface area contributed by atoms with E-state index in [1.807, 2.05) is 53.4 Å². The fourth-order valence-corrected chi connectivity index (χ4v) is 3.05. The molecule has 126 valence electrons. The Morgan fingerprint density at radius 3 is 2.33 bits per heavy atom. The summed E-state index contributed by atoms with van der Waals surface area (Å²) in [7, 11) is 0. The molecule has 1 amide bonds. The zero-order valence-corrected chi connectivity index (χ0v) is 13.9. The molecule has 3 rings (SSSR count). The lowest BCUT2D eigenvalue weighted by Crippen LogP contribution is -2.35. The molecule has 2 aromatic rings. The largest absolute Gasteiger partial charge is 0.392 e. The highest BCUT2D eigenvalue weighted by molar-refractivity contribution is 5.99. The molecule has 4 heteroatoms. The molecule has 0 spiro atoms. The van der Waals surface area contributed by atoms with Gasteiger partial charge in [0, 0.05) is 25.3 Å². The number of hydrogen-bond donors (Lipinski definition) is 2. The number of hydrogen-bond acceptors (Lipinski definition) is 3. The third-order valence-electron chi connectivity index (χ3n) is 4.49. The summed E-state index contributed by atoms with van der Waals surface area (Å²) in [4.78, 5) is 14.7. The average Bonchev–Trinajstić information content (AvgIpc) is 2.67. The van der Waals surface area contributed by atoms with Crippen LogP contribution in [0.1, 0.15) is 40.7 Å². The minimum absolute atomic E-state index is 0.0564. The summed E-state index contributed by atoms with van der Waals surface area (Å²) in [5, 5.41) is 12.5. The first-order valence-electron chi connectivity index (χ1n) is 8.59. The number of likely N-dealkylation sites (tertiary alicyclic amines) is 1. The van der Waals surface area contributed by atoms with Gasteiger partial charge in [-0.05, 0) is 42.5 Å². The summed E-state index contributed by atoms with van der Waals surface area (Å²) in [5.41, 5.74) is 3.64. The number of amides is 1. The maximum Gasteiger partial charge on any atom is 0.255 e. The number of benzene rings is 2. The summed E-state index contributed by atoms with van der Waals surface area (Å²) >= 11 is 0. The first-order chi connectivity index (χ1) is 11.8. The fourth-order valence-electron chi connectivity index (χ4n) is 3.05. The molecule has 0 aliphatic carbocycles. The predicted molar refractivity (Wildman–Crippen MR) is 95.9 cm³/mol. The van der Waals surface area contributed by atoms with Gasteiger partial charge in [-0.25, -0.2) is 0 Å². The zero-order valence-electron chi connectivity index (χ0n) is 13.9. The molecule has 0 unspecified atom stereocenters. The summed E-state index contributed by atoms with van der Waals surface area (Å²) < 4.78 is 0. The van der Waals surface area contributed by atoms with Crippen LogP contribution in [0, 0.1) is 0 Å². The van der Waals surface area contributed by atoms with E-state index in [-0.39, 0.29) is 12.5 Å². The van der Waals surface area contributed by atoms with Crippen molar-refractivity contribution >= 4 is 11.6 Å². The monoisotopic (exact) mass is 324 g/mol. The van der Waals surface area contributed by atoms with Gasteiger partial charge < -0.3 is 15.3 Å². The SMILES string of the molecule is O=C(c1ccccc1NCc1ccc(CO)cc1)N1CCCCC1. The van der Waals surface area contributed by atoms with Crippen molar-refractivity contribution in [1.82, 2.24) is 4.90 Å². The van der Waals surface area contributed by atoms with Crippen molar-refractivity contribution in [3.8, 4) is 0 Å². The van der Waals surface area contributed by atoms with Gasteiger partial charge in [0.25, 0.3) is 5.91 Å². The molecule has 1 heterocycles. The van der Waals surface area contributed by atoms with E-state index in [1.54, 1.807) is 0 Å². The third kappa shape index (κ3) is 3.95. The van der Waals surface area contributed by atoms with E-state index in [9.17, 15) is 4.79 Å². The van der Waals surface area contributed by atoms with Crippen LogP contribution in [0.2, 0.25) is 0 Å². The molecule has 0 radical (unpaired) electrons. The molecule has 1 fully saturated rings. The van der Waals surface area contributed by atoms with E-state index in [0.29, 0.717) is 6.54 Å². The van der Waals surface area contributed by atoms with E-state index < -0.39 is 0 Å². The zero-order chi connectivity index (χ0) is 16.8. The van der Waals surface area contributed by atoms with Gasteiger partial charge in [-0.1, -0.05) is 36.4 Å². The van der Waals surface area contributed by atoms with Crippen molar-refractivity contribution in [2.75, 3.05) is 18.4 Å². The first-order valence-corrected chi connectivity index (χ1v) is 8.59. The van der Waals surface area contributed by atoms with Crippen molar-refractivity contribution in [3.05, 3.63) is 65.2 Å². The van der Waals surface area contributed by atoms with Crippen LogP contribution in [0.5, 0.6) is 0 Å². The van der Waals surface area contributed by atoms with Crippen molar-refractivity contribution in [3.63, 3.8) is 0 Å². The van der Waals surface area contributed by atoms with Gasteiger partial charge in [0.2, 0.25) is 0 Å². The first kappa shape index (κ1) is 16.5. The van der Waals surface area contributed by atoms with Crippen LogP contribution in [0.25, 0.3) is 0 Å². The Hall–Kier alpha value is -2.33. The lowest BCUT2D eigenvalue weighted by atomic mass is 10.1. The number of aliphatic hydroxyl groups excluding tert-OH is 1. The van der Waals surface area contributed by atoms with E-state index >= 15 is 0 Å². The molecular formula is C20H24N2O2. The second-order valence-corrected chi connectivity index (χ2v) is 6.23. The van der Waals surface area contributed by atoms with Gasteiger partial charge in [0.05, 0.1) is 12.2 Å². The van der Waals surface area contributed by atoms with Gasteiger partial charge in [-0.3, -0.25) is 4.79 Å². The molecule has 4 nitrogen and oxygen atoms in total. The molecule has 2 N–H and O–H groups in total. The van der Waals surface area contributed by atoms with Gasteiger partial charge in [-0.2, -0.15) is 0 Å². The molecule has 24 heavy (non-hydrogen) atoms. The highest BCUT2D eigenvalue weighted by Crippen LogP contribution is 2.20. The Morgan fingerprint density at radius 2 is 1.62 bits per heavy atom.